The second-order valence-electron chi connectivity index (χ2n) is 5.82. The zero-order valence-corrected chi connectivity index (χ0v) is 14.0. The minimum absolute atomic E-state index is 0. The van der Waals surface area contributed by atoms with Crippen molar-refractivity contribution >= 4 is 12.4 Å². The van der Waals surface area contributed by atoms with Crippen molar-refractivity contribution in [2.24, 2.45) is 11.7 Å². The number of ether oxygens (including phenoxy) is 2. The van der Waals surface area contributed by atoms with Crippen LogP contribution in [-0.2, 0) is 11.3 Å². The molecule has 0 aromatic heterocycles. The molecule has 3 rings (SSSR count). The van der Waals surface area contributed by atoms with Crippen LogP contribution in [0.15, 0.2) is 54.6 Å². The number of nitrogens with two attached hydrogens (primary N) is 1. The van der Waals surface area contributed by atoms with Gasteiger partial charge in [-0.1, -0.05) is 42.5 Å². The van der Waals surface area contributed by atoms with Gasteiger partial charge < -0.3 is 15.2 Å². The van der Waals surface area contributed by atoms with Gasteiger partial charge in [0.05, 0.1) is 0 Å². The Labute approximate surface area is 144 Å². The molecule has 0 amide bonds. The zero-order chi connectivity index (χ0) is 15.2. The first-order valence-electron chi connectivity index (χ1n) is 7.93. The smallest absolute Gasteiger partial charge is 0.119 e. The Hall–Kier alpha value is -1.55. The summed E-state index contributed by atoms with van der Waals surface area (Å²) in [5.74, 6) is 1.40. The first kappa shape index (κ1) is 17.8. The minimum atomic E-state index is 0. The molecule has 1 aliphatic heterocycles. The largest absolute Gasteiger partial charge is 0.489 e. The van der Waals surface area contributed by atoms with Crippen molar-refractivity contribution < 1.29 is 9.47 Å². The molecule has 0 saturated carbocycles. The average molecular weight is 334 g/mol. The minimum Gasteiger partial charge on any atom is -0.489 e. The molecule has 3 nitrogen and oxygen atoms in total. The van der Waals surface area contributed by atoms with E-state index in [-0.39, 0.29) is 18.4 Å². The lowest BCUT2D eigenvalue weighted by Crippen LogP contribution is -2.27. The van der Waals surface area contributed by atoms with Crippen molar-refractivity contribution in [2.75, 3.05) is 13.2 Å². The van der Waals surface area contributed by atoms with Crippen LogP contribution in [0.4, 0.5) is 0 Å². The van der Waals surface area contributed by atoms with Crippen LogP contribution >= 0.6 is 12.4 Å². The molecule has 2 aromatic rings. The van der Waals surface area contributed by atoms with Crippen molar-refractivity contribution in [3.63, 3.8) is 0 Å². The maximum atomic E-state index is 6.39. The predicted octanol–water partition coefficient (Wildman–Crippen LogP) is 4.11. The van der Waals surface area contributed by atoms with Gasteiger partial charge in [0.2, 0.25) is 0 Å². The number of hydrogen-bond donors (Lipinski definition) is 1. The molecule has 0 radical (unpaired) electrons. The van der Waals surface area contributed by atoms with Gasteiger partial charge in [-0.25, -0.2) is 0 Å². The molecule has 1 fully saturated rings. The van der Waals surface area contributed by atoms with Gasteiger partial charge in [-0.15, -0.1) is 12.4 Å². The Balaban J connectivity index is 0.00000192. The first-order valence-corrected chi connectivity index (χ1v) is 7.93. The lowest BCUT2D eigenvalue weighted by atomic mass is 9.88. The highest BCUT2D eigenvalue weighted by molar-refractivity contribution is 5.85. The van der Waals surface area contributed by atoms with E-state index in [0.717, 1.165) is 31.8 Å². The van der Waals surface area contributed by atoms with E-state index >= 15 is 0 Å². The molecule has 1 atom stereocenters. The highest BCUT2D eigenvalue weighted by atomic mass is 35.5. The molecule has 23 heavy (non-hydrogen) atoms. The summed E-state index contributed by atoms with van der Waals surface area (Å²) in [6.07, 6.45) is 2.10. The Morgan fingerprint density at radius 3 is 2.30 bits per heavy atom. The lowest BCUT2D eigenvalue weighted by molar-refractivity contribution is 0.0584. The number of hydrogen-bond acceptors (Lipinski definition) is 3. The first-order chi connectivity index (χ1) is 10.8. The van der Waals surface area contributed by atoms with Gasteiger partial charge in [0.1, 0.15) is 12.4 Å². The van der Waals surface area contributed by atoms with E-state index in [2.05, 4.69) is 24.3 Å². The van der Waals surface area contributed by atoms with E-state index in [0.29, 0.717) is 12.5 Å². The highest BCUT2D eigenvalue weighted by Gasteiger charge is 2.22. The number of benzene rings is 2. The third-order valence-corrected chi connectivity index (χ3v) is 4.29. The molecular weight excluding hydrogens is 310 g/mol. The van der Waals surface area contributed by atoms with Gasteiger partial charge in [0, 0.05) is 19.3 Å². The third kappa shape index (κ3) is 4.96. The van der Waals surface area contributed by atoms with Crippen LogP contribution < -0.4 is 10.5 Å². The van der Waals surface area contributed by atoms with Crippen LogP contribution in [0.25, 0.3) is 0 Å². The summed E-state index contributed by atoms with van der Waals surface area (Å²) in [6.45, 7) is 2.25. The van der Waals surface area contributed by atoms with Crippen molar-refractivity contribution in [1.29, 1.82) is 0 Å². The number of rotatable bonds is 5. The topological polar surface area (TPSA) is 44.5 Å². The summed E-state index contributed by atoms with van der Waals surface area (Å²) in [6, 6.07) is 18.5. The molecule has 0 aliphatic carbocycles. The normalized spacial score (nSPS) is 16.4. The second-order valence-corrected chi connectivity index (χ2v) is 5.82. The van der Waals surface area contributed by atoms with E-state index in [1.165, 1.54) is 11.1 Å². The quantitative estimate of drug-likeness (QED) is 0.895. The van der Waals surface area contributed by atoms with Gasteiger partial charge >= 0.3 is 0 Å². The molecule has 4 heteroatoms. The van der Waals surface area contributed by atoms with Gasteiger partial charge in [0.25, 0.3) is 0 Å². The number of halogens is 1. The Morgan fingerprint density at radius 2 is 1.65 bits per heavy atom. The van der Waals surface area contributed by atoms with Crippen LogP contribution in [0.1, 0.15) is 30.0 Å². The Bertz CT molecular complexity index is 568. The van der Waals surface area contributed by atoms with E-state index in [1.54, 1.807) is 0 Å². The zero-order valence-electron chi connectivity index (χ0n) is 13.2. The summed E-state index contributed by atoms with van der Waals surface area (Å²) in [7, 11) is 0. The third-order valence-electron chi connectivity index (χ3n) is 4.29. The molecule has 2 N–H and O–H groups in total. The van der Waals surface area contributed by atoms with E-state index < -0.39 is 0 Å². The van der Waals surface area contributed by atoms with Crippen LogP contribution in [-0.4, -0.2) is 13.2 Å². The van der Waals surface area contributed by atoms with Crippen molar-refractivity contribution in [3.8, 4) is 5.75 Å². The van der Waals surface area contributed by atoms with Crippen LogP contribution in [0, 0.1) is 5.92 Å². The molecule has 1 heterocycles. The molecule has 0 bridgehead atoms. The predicted molar refractivity (Wildman–Crippen MR) is 94.9 cm³/mol. The van der Waals surface area contributed by atoms with Crippen molar-refractivity contribution in [3.05, 3.63) is 65.7 Å². The summed E-state index contributed by atoms with van der Waals surface area (Å²) in [4.78, 5) is 0. The fourth-order valence-corrected chi connectivity index (χ4v) is 2.87. The fraction of sp³-hybridized carbons (Fsp3) is 0.368. The van der Waals surface area contributed by atoms with Crippen LogP contribution in [0.3, 0.4) is 0 Å². The summed E-state index contributed by atoms with van der Waals surface area (Å²) >= 11 is 0. The van der Waals surface area contributed by atoms with Gasteiger partial charge in [-0.2, -0.15) is 0 Å². The van der Waals surface area contributed by atoms with Crippen molar-refractivity contribution in [1.82, 2.24) is 0 Å². The fourth-order valence-electron chi connectivity index (χ4n) is 2.87. The summed E-state index contributed by atoms with van der Waals surface area (Å²) in [5, 5.41) is 0. The van der Waals surface area contributed by atoms with Gasteiger partial charge in [-0.05, 0) is 42.0 Å². The highest BCUT2D eigenvalue weighted by Crippen LogP contribution is 2.29. The summed E-state index contributed by atoms with van der Waals surface area (Å²) < 4.78 is 11.2. The molecule has 1 saturated heterocycles. The SMILES string of the molecule is Cl.N[C@@H](c1ccc(OCc2ccccc2)cc1)C1CCOCC1. The lowest BCUT2D eigenvalue weighted by Gasteiger charge is -2.27. The Kier molecular flexibility index (Phi) is 6.90. The second kappa shape index (κ2) is 8.92. The van der Waals surface area contributed by atoms with E-state index in [9.17, 15) is 0 Å². The Morgan fingerprint density at radius 1 is 1.00 bits per heavy atom. The van der Waals surface area contributed by atoms with E-state index in [1.807, 2.05) is 30.3 Å². The maximum absolute atomic E-state index is 6.39. The average Bonchev–Trinajstić information content (AvgIpc) is 2.61. The van der Waals surface area contributed by atoms with Crippen LogP contribution in [0.2, 0.25) is 0 Å². The maximum Gasteiger partial charge on any atom is 0.119 e. The molecule has 1 aliphatic rings. The van der Waals surface area contributed by atoms with Gasteiger partial charge in [-0.3, -0.25) is 0 Å². The van der Waals surface area contributed by atoms with Crippen molar-refractivity contribution in [2.45, 2.75) is 25.5 Å². The molecule has 0 unspecified atom stereocenters. The standard InChI is InChI=1S/C19H23NO2.ClH/c20-19(17-10-12-21-13-11-17)16-6-8-18(9-7-16)22-14-15-4-2-1-3-5-15;/h1-9,17,19H,10-14,20H2;1H/t19-;/m0./s1. The van der Waals surface area contributed by atoms with Gasteiger partial charge in [0.15, 0.2) is 0 Å². The van der Waals surface area contributed by atoms with E-state index in [4.69, 9.17) is 15.2 Å². The summed E-state index contributed by atoms with van der Waals surface area (Å²) in [5.41, 5.74) is 8.74. The van der Waals surface area contributed by atoms with Crippen LogP contribution in [0.5, 0.6) is 5.75 Å². The molecule has 2 aromatic carbocycles. The molecule has 124 valence electrons. The molecular formula is C19H24ClNO2. The molecule has 0 spiro atoms. The monoisotopic (exact) mass is 333 g/mol.